The number of aliphatic hydroxyl groups is 1. The van der Waals surface area contributed by atoms with E-state index in [2.05, 4.69) is 15.9 Å². The van der Waals surface area contributed by atoms with Crippen LogP contribution in [0.3, 0.4) is 0 Å². The normalized spacial score (nSPS) is 15.9. The summed E-state index contributed by atoms with van der Waals surface area (Å²) in [5.74, 6) is -0.283. The van der Waals surface area contributed by atoms with E-state index >= 15 is 0 Å². The lowest BCUT2D eigenvalue weighted by Crippen LogP contribution is -2.41. The zero-order valence-electron chi connectivity index (χ0n) is 10.1. The van der Waals surface area contributed by atoms with Crippen LogP contribution in [0.25, 0.3) is 0 Å². The van der Waals surface area contributed by atoms with Gasteiger partial charge < -0.3 is 5.11 Å². The number of halogens is 2. The molecule has 1 N–H and O–H groups in total. The third kappa shape index (κ3) is 3.29. The highest BCUT2D eigenvalue weighted by molar-refractivity contribution is 9.10. The van der Waals surface area contributed by atoms with E-state index in [4.69, 9.17) is 0 Å². The summed E-state index contributed by atoms with van der Waals surface area (Å²) in [5.41, 5.74) is -0.307. The van der Waals surface area contributed by atoms with Crippen molar-refractivity contribution in [3.63, 3.8) is 0 Å². The van der Waals surface area contributed by atoms with Gasteiger partial charge in [-0.15, -0.1) is 0 Å². The van der Waals surface area contributed by atoms with Crippen LogP contribution >= 0.6 is 15.9 Å². The number of hydrogen-bond donors (Lipinski definition) is 1. The quantitative estimate of drug-likeness (QED) is 0.874. The Balaban J connectivity index is 2.96. The number of benzene rings is 1. The molecular weight excluding hydrogens is 271 g/mol. The van der Waals surface area contributed by atoms with Crippen LogP contribution in [0.4, 0.5) is 4.39 Å². The second-order valence-corrected chi connectivity index (χ2v) is 6.39. The lowest BCUT2D eigenvalue weighted by molar-refractivity contribution is -0.0406. The van der Waals surface area contributed by atoms with Crippen LogP contribution in [0.5, 0.6) is 0 Å². The molecule has 0 saturated heterocycles. The minimum absolute atomic E-state index is 0.244. The smallest absolute Gasteiger partial charge is 0.124 e. The van der Waals surface area contributed by atoms with Crippen LogP contribution in [-0.2, 0) is 6.42 Å². The molecule has 0 bridgehead atoms. The van der Waals surface area contributed by atoms with Gasteiger partial charge in [-0.2, -0.15) is 0 Å². The van der Waals surface area contributed by atoms with E-state index in [1.165, 1.54) is 12.1 Å². The average Bonchev–Trinajstić information content (AvgIpc) is 1.97. The maximum Gasteiger partial charge on any atom is 0.124 e. The molecule has 0 aliphatic rings. The van der Waals surface area contributed by atoms with Gasteiger partial charge in [-0.05, 0) is 36.1 Å². The standard InChI is InChI=1S/C13H18BrFO/c1-12(2,3)13(4,16)8-9-5-10(14)7-11(15)6-9/h5-7,16H,8H2,1-4H3. The van der Waals surface area contributed by atoms with Crippen LogP contribution in [0.1, 0.15) is 33.3 Å². The summed E-state index contributed by atoms with van der Waals surface area (Å²) in [7, 11) is 0. The van der Waals surface area contributed by atoms with Crippen molar-refractivity contribution < 1.29 is 9.50 Å². The molecule has 1 nitrogen and oxygen atoms in total. The van der Waals surface area contributed by atoms with Gasteiger partial charge in [0.1, 0.15) is 5.82 Å². The first kappa shape index (κ1) is 13.7. The minimum Gasteiger partial charge on any atom is -0.389 e. The number of rotatable bonds is 2. The summed E-state index contributed by atoms with van der Waals surface area (Å²) >= 11 is 3.25. The van der Waals surface area contributed by atoms with E-state index in [0.717, 1.165) is 5.56 Å². The van der Waals surface area contributed by atoms with Crippen LogP contribution in [0.2, 0.25) is 0 Å². The van der Waals surface area contributed by atoms with Crippen molar-refractivity contribution in [2.45, 2.75) is 39.7 Å². The van der Waals surface area contributed by atoms with Crippen LogP contribution in [-0.4, -0.2) is 10.7 Å². The first-order valence-electron chi connectivity index (χ1n) is 5.29. The summed E-state index contributed by atoms with van der Waals surface area (Å²) in [6.45, 7) is 7.70. The highest BCUT2D eigenvalue weighted by Gasteiger charge is 2.35. The SMILES string of the molecule is CC(C)(C)C(C)(O)Cc1cc(F)cc(Br)c1. The molecule has 0 fully saturated rings. The zero-order valence-corrected chi connectivity index (χ0v) is 11.7. The molecule has 0 aromatic heterocycles. The van der Waals surface area contributed by atoms with E-state index in [-0.39, 0.29) is 11.2 Å². The molecular formula is C13H18BrFO. The molecule has 16 heavy (non-hydrogen) atoms. The van der Waals surface area contributed by atoms with Crippen molar-refractivity contribution in [2.75, 3.05) is 0 Å². The van der Waals surface area contributed by atoms with Gasteiger partial charge in [0, 0.05) is 10.9 Å². The van der Waals surface area contributed by atoms with Crippen molar-refractivity contribution in [1.29, 1.82) is 0 Å². The molecule has 1 atom stereocenters. The molecule has 1 aromatic carbocycles. The van der Waals surface area contributed by atoms with Gasteiger partial charge in [-0.25, -0.2) is 4.39 Å². The second kappa shape index (κ2) is 4.46. The van der Waals surface area contributed by atoms with Gasteiger partial charge in [0.15, 0.2) is 0 Å². The molecule has 1 unspecified atom stereocenters. The predicted octanol–water partition coefficient (Wildman–Crippen LogP) is 3.93. The first-order valence-corrected chi connectivity index (χ1v) is 6.08. The Morgan fingerprint density at radius 2 is 1.75 bits per heavy atom. The highest BCUT2D eigenvalue weighted by Crippen LogP contribution is 2.33. The Hall–Kier alpha value is -0.410. The summed E-state index contributed by atoms with van der Waals surface area (Å²) < 4.78 is 13.9. The van der Waals surface area contributed by atoms with Crippen molar-refractivity contribution in [3.8, 4) is 0 Å². The maximum absolute atomic E-state index is 13.2. The van der Waals surface area contributed by atoms with Gasteiger partial charge in [-0.1, -0.05) is 36.7 Å². The Morgan fingerprint density at radius 1 is 1.19 bits per heavy atom. The van der Waals surface area contributed by atoms with Crippen LogP contribution < -0.4 is 0 Å². The fourth-order valence-electron chi connectivity index (χ4n) is 1.38. The molecule has 0 aliphatic heterocycles. The monoisotopic (exact) mass is 288 g/mol. The first-order chi connectivity index (χ1) is 7.12. The molecule has 90 valence electrons. The fraction of sp³-hybridized carbons (Fsp3) is 0.538. The summed E-state index contributed by atoms with van der Waals surface area (Å²) in [6, 6.07) is 4.71. The van der Waals surface area contributed by atoms with Crippen molar-refractivity contribution >= 4 is 15.9 Å². The van der Waals surface area contributed by atoms with Crippen LogP contribution in [0.15, 0.2) is 22.7 Å². The summed E-state index contributed by atoms with van der Waals surface area (Å²) in [4.78, 5) is 0. The topological polar surface area (TPSA) is 20.2 Å². The van der Waals surface area contributed by atoms with Gasteiger partial charge in [0.25, 0.3) is 0 Å². The fourth-order valence-corrected chi connectivity index (χ4v) is 1.89. The zero-order chi connectivity index (χ0) is 12.6. The average molecular weight is 289 g/mol. The predicted molar refractivity (Wildman–Crippen MR) is 67.9 cm³/mol. The van der Waals surface area contributed by atoms with E-state index < -0.39 is 5.60 Å². The molecule has 0 radical (unpaired) electrons. The second-order valence-electron chi connectivity index (χ2n) is 5.48. The molecule has 0 spiro atoms. The van der Waals surface area contributed by atoms with E-state index in [9.17, 15) is 9.50 Å². The molecule has 0 saturated carbocycles. The number of hydrogen-bond acceptors (Lipinski definition) is 1. The van der Waals surface area contributed by atoms with E-state index in [0.29, 0.717) is 10.9 Å². The maximum atomic E-state index is 13.2. The molecule has 0 aliphatic carbocycles. The lowest BCUT2D eigenvalue weighted by Gasteiger charge is -2.37. The van der Waals surface area contributed by atoms with Crippen molar-refractivity contribution in [2.24, 2.45) is 5.41 Å². The Kier molecular flexibility index (Phi) is 3.80. The molecule has 1 aromatic rings. The molecule has 0 amide bonds. The van der Waals surface area contributed by atoms with E-state index in [1.807, 2.05) is 26.8 Å². The minimum atomic E-state index is -0.861. The van der Waals surface area contributed by atoms with Crippen LogP contribution in [0, 0.1) is 11.2 Å². The summed E-state index contributed by atoms with van der Waals surface area (Å²) in [5, 5.41) is 10.3. The van der Waals surface area contributed by atoms with Gasteiger partial charge in [0.05, 0.1) is 5.60 Å². The van der Waals surface area contributed by atoms with Gasteiger partial charge >= 0.3 is 0 Å². The van der Waals surface area contributed by atoms with Gasteiger partial charge in [0.2, 0.25) is 0 Å². The highest BCUT2D eigenvalue weighted by atomic mass is 79.9. The van der Waals surface area contributed by atoms with E-state index in [1.54, 1.807) is 6.92 Å². The Morgan fingerprint density at radius 3 is 2.19 bits per heavy atom. The largest absolute Gasteiger partial charge is 0.389 e. The summed E-state index contributed by atoms with van der Waals surface area (Å²) in [6.07, 6.45) is 0.437. The Labute approximate surface area is 105 Å². The molecule has 3 heteroatoms. The van der Waals surface area contributed by atoms with Crippen molar-refractivity contribution in [3.05, 3.63) is 34.1 Å². The third-order valence-electron chi connectivity index (χ3n) is 3.09. The molecule has 1 rings (SSSR count). The third-order valence-corrected chi connectivity index (χ3v) is 3.54. The van der Waals surface area contributed by atoms with Crippen molar-refractivity contribution in [1.82, 2.24) is 0 Å². The van der Waals surface area contributed by atoms with Gasteiger partial charge in [-0.3, -0.25) is 0 Å². The lowest BCUT2D eigenvalue weighted by atomic mass is 9.74. The molecule has 0 heterocycles. The Bertz CT molecular complexity index is 360.